The van der Waals surface area contributed by atoms with Gasteiger partial charge in [0.1, 0.15) is 12.6 Å². The number of piperidine rings is 1. The number of likely N-dealkylation sites (tertiary alicyclic amines) is 1. The third-order valence-electron chi connectivity index (χ3n) is 2.74. The predicted octanol–water partition coefficient (Wildman–Crippen LogP) is 1.27. The summed E-state index contributed by atoms with van der Waals surface area (Å²) in [5, 5.41) is 9.05. The Balaban J connectivity index is 2.56. The minimum Gasteiger partial charge on any atom is -0.480 e. The van der Waals surface area contributed by atoms with Crippen LogP contribution in [0, 0.1) is 0 Å². The number of hydrogen-bond acceptors (Lipinski definition) is 3. The molecule has 0 aromatic carbocycles. The third kappa shape index (κ3) is 4.34. The summed E-state index contributed by atoms with van der Waals surface area (Å²) in [7, 11) is 0. The van der Waals surface area contributed by atoms with Crippen molar-refractivity contribution < 1.29 is 19.4 Å². The number of aliphatic carboxylic acids is 1. The molecule has 17 heavy (non-hydrogen) atoms. The highest BCUT2D eigenvalue weighted by Gasteiger charge is 2.32. The summed E-state index contributed by atoms with van der Waals surface area (Å²) in [6.07, 6.45) is 2.27. The van der Waals surface area contributed by atoms with Crippen LogP contribution in [0.5, 0.6) is 0 Å². The highest BCUT2D eigenvalue weighted by Crippen LogP contribution is 2.18. The van der Waals surface area contributed by atoms with Crippen LogP contribution in [0.15, 0.2) is 0 Å². The van der Waals surface area contributed by atoms with Crippen LogP contribution in [0.3, 0.4) is 0 Å². The van der Waals surface area contributed by atoms with Gasteiger partial charge in [0.05, 0.1) is 5.60 Å². The van der Waals surface area contributed by atoms with Crippen molar-refractivity contribution in [1.82, 2.24) is 4.90 Å². The van der Waals surface area contributed by atoms with Crippen molar-refractivity contribution in [2.75, 3.05) is 13.2 Å². The summed E-state index contributed by atoms with van der Waals surface area (Å²) >= 11 is 0. The Kier molecular flexibility index (Phi) is 4.51. The minimum atomic E-state index is -0.922. The van der Waals surface area contributed by atoms with Crippen LogP contribution in [-0.4, -0.2) is 46.7 Å². The lowest BCUT2D eigenvalue weighted by molar-refractivity contribution is -0.156. The fraction of sp³-hybridized carbons (Fsp3) is 0.833. The van der Waals surface area contributed by atoms with Gasteiger partial charge in [0.2, 0.25) is 5.91 Å². The van der Waals surface area contributed by atoms with Crippen LogP contribution in [0.25, 0.3) is 0 Å². The minimum absolute atomic E-state index is 0.0483. The fourth-order valence-electron chi connectivity index (χ4n) is 1.85. The van der Waals surface area contributed by atoms with Crippen LogP contribution >= 0.6 is 0 Å². The number of carboxylic acids is 1. The monoisotopic (exact) mass is 243 g/mol. The van der Waals surface area contributed by atoms with Gasteiger partial charge < -0.3 is 14.7 Å². The first-order chi connectivity index (χ1) is 7.81. The van der Waals surface area contributed by atoms with E-state index >= 15 is 0 Å². The van der Waals surface area contributed by atoms with Gasteiger partial charge in [-0.3, -0.25) is 4.79 Å². The second-order valence-corrected chi connectivity index (χ2v) is 5.34. The van der Waals surface area contributed by atoms with E-state index < -0.39 is 12.0 Å². The fourth-order valence-corrected chi connectivity index (χ4v) is 1.85. The molecule has 0 aromatic rings. The standard InChI is InChI=1S/C12H21NO4/c1-12(2,3)17-8-10(14)13-7-5-4-6-9(13)11(15)16/h9H,4-8H2,1-3H3,(H,15,16)/t9-/m1/s1. The summed E-state index contributed by atoms with van der Waals surface area (Å²) < 4.78 is 5.39. The molecule has 5 nitrogen and oxygen atoms in total. The molecule has 1 saturated heterocycles. The Morgan fingerprint density at radius 1 is 1.35 bits per heavy atom. The molecule has 1 rings (SSSR count). The Bertz CT molecular complexity index is 295. The predicted molar refractivity (Wildman–Crippen MR) is 62.7 cm³/mol. The van der Waals surface area contributed by atoms with Gasteiger partial charge in [0, 0.05) is 6.54 Å². The van der Waals surface area contributed by atoms with Crippen LogP contribution < -0.4 is 0 Å². The average molecular weight is 243 g/mol. The molecule has 1 aliphatic rings. The average Bonchev–Trinajstić information content (AvgIpc) is 2.25. The number of carboxylic acid groups (broad SMARTS) is 1. The number of nitrogens with zero attached hydrogens (tertiary/aromatic N) is 1. The van der Waals surface area contributed by atoms with Crippen LogP contribution in [-0.2, 0) is 14.3 Å². The first kappa shape index (κ1) is 14.0. The van der Waals surface area contributed by atoms with E-state index in [0.717, 1.165) is 12.8 Å². The van der Waals surface area contributed by atoms with Crippen molar-refractivity contribution in [3.63, 3.8) is 0 Å². The molecule has 1 heterocycles. The number of hydrogen-bond donors (Lipinski definition) is 1. The zero-order chi connectivity index (χ0) is 13.1. The highest BCUT2D eigenvalue weighted by molar-refractivity contribution is 5.84. The smallest absolute Gasteiger partial charge is 0.326 e. The van der Waals surface area contributed by atoms with E-state index in [1.54, 1.807) is 0 Å². The maximum absolute atomic E-state index is 11.9. The van der Waals surface area contributed by atoms with Crippen LogP contribution in [0.1, 0.15) is 40.0 Å². The van der Waals surface area contributed by atoms with E-state index in [0.29, 0.717) is 13.0 Å². The van der Waals surface area contributed by atoms with E-state index in [2.05, 4.69) is 0 Å². The lowest BCUT2D eigenvalue weighted by atomic mass is 10.0. The van der Waals surface area contributed by atoms with E-state index in [1.165, 1.54) is 4.90 Å². The van der Waals surface area contributed by atoms with Gasteiger partial charge in [-0.2, -0.15) is 0 Å². The van der Waals surface area contributed by atoms with Gasteiger partial charge in [0.15, 0.2) is 0 Å². The van der Waals surface area contributed by atoms with Gasteiger partial charge in [-0.15, -0.1) is 0 Å². The van der Waals surface area contributed by atoms with Gasteiger partial charge in [-0.05, 0) is 40.0 Å². The normalized spacial score (nSPS) is 21.4. The molecule has 5 heteroatoms. The molecule has 0 unspecified atom stereocenters. The maximum atomic E-state index is 11.9. The topological polar surface area (TPSA) is 66.8 Å². The summed E-state index contributed by atoms with van der Waals surface area (Å²) in [5.41, 5.74) is -0.385. The highest BCUT2D eigenvalue weighted by atomic mass is 16.5. The zero-order valence-corrected chi connectivity index (χ0v) is 10.7. The molecule has 0 aliphatic carbocycles. The molecular weight excluding hydrogens is 222 g/mol. The molecule has 0 bridgehead atoms. The van der Waals surface area contributed by atoms with E-state index in [9.17, 15) is 9.59 Å². The summed E-state index contributed by atoms with van der Waals surface area (Å²) in [5.74, 6) is -1.15. The van der Waals surface area contributed by atoms with E-state index in [-0.39, 0.29) is 18.1 Å². The Morgan fingerprint density at radius 3 is 2.53 bits per heavy atom. The number of rotatable bonds is 3. The molecule has 0 aromatic heterocycles. The quantitative estimate of drug-likeness (QED) is 0.810. The third-order valence-corrected chi connectivity index (χ3v) is 2.74. The number of carbonyl (C=O) groups is 2. The second kappa shape index (κ2) is 5.49. The lowest BCUT2D eigenvalue weighted by Crippen LogP contribution is -2.49. The van der Waals surface area contributed by atoms with E-state index in [4.69, 9.17) is 9.84 Å². The number of carbonyl (C=O) groups excluding carboxylic acids is 1. The van der Waals surface area contributed by atoms with Crippen molar-refractivity contribution >= 4 is 11.9 Å². The zero-order valence-electron chi connectivity index (χ0n) is 10.7. The Morgan fingerprint density at radius 2 is 2.00 bits per heavy atom. The first-order valence-electron chi connectivity index (χ1n) is 5.97. The van der Waals surface area contributed by atoms with Gasteiger partial charge >= 0.3 is 5.97 Å². The van der Waals surface area contributed by atoms with Crippen molar-refractivity contribution in [2.45, 2.75) is 51.7 Å². The molecule has 98 valence electrons. The lowest BCUT2D eigenvalue weighted by Gasteiger charge is -2.33. The molecule has 1 fully saturated rings. The molecule has 0 saturated carbocycles. The van der Waals surface area contributed by atoms with Crippen LogP contribution in [0.2, 0.25) is 0 Å². The van der Waals surface area contributed by atoms with Crippen molar-refractivity contribution in [3.8, 4) is 0 Å². The SMILES string of the molecule is CC(C)(C)OCC(=O)N1CCCC[C@@H]1C(=O)O. The summed E-state index contributed by atoms with van der Waals surface area (Å²) in [4.78, 5) is 24.4. The van der Waals surface area contributed by atoms with Crippen molar-refractivity contribution in [3.05, 3.63) is 0 Å². The molecule has 1 aliphatic heterocycles. The Labute approximate surface area is 102 Å². The van der Waals surface area contributed by atoms with Gasteiger partial charge in [-0.1, -0.05) is 0 Å². The molecule has 1 atom stereocenters. The van der Waals surface area contributed by atoms with E-state index in [1.807, 2.05) is 20.8 Å². The molecular formula is C12H21NO4. The molecule has 1 N–H and O–H groups in total. The Hall–Kier alpha value is -1.10. The molecule has 1 amide bonds. The molecule has 0 spiro atoms. The first-order valence-corrected chi connectivity index (χ1v) is 5.97. The van der Waals surface area contributed by atoms with Crippen molar-refractivity contribution in [1.29, 1.82) is 0 Å². The van der Waals surface area contributed by atoms with Crippen LogP contribution in [0.4, 0.5) is 0 Å². The summed E-state index contributed by atoms with van der Waals surface area (Å²) in [6, 6.07) is -0.681. The van der Waals surface area contributed by atoms with Gasteiger partial charge in [-0.25, -0.2) is 4.79 Å². The number of amides is 1. The number of ether oxygens (including phenoxy) is 1. The maximum Gasteiger partial charge on any atom is 0.326 e. The van der Waals surface area contributed by atoms with Crippen molar-refractivity contribution in [2.24, 2.45) is 0 Å². The summed E-state index contributed by atoms with van der Waals surface area (Å²) in [6.45, 7) is 6.07. The van der Waals surface area contributed by atoms with Gasteiger partial charge in [0.25, 0.3) is 0 Å². The molecule has 0 radical (unpaired) electrons. The largest absolute Gasteiger partial charge is 0.480 e. The second-order valence-electron chi connectivity index (χ2n) is 5.34.